The normalized spacial score (nSPS) is 11.7. The number of hydrogen-bond donors (Lipinski definition) is 0. The molecule has 0 N–H and O–H groups in total. The Morgan fingerprint density at radius 2 is 0.941 bits per heavy atom. The van der Waals surface area contributed by atoms with Crippen molar-refractivity contribution >= 4 is 43.4 Å². The summed E-state index contributed by atoms with van der Waals surface area (Å²) in [7, 11) is 0. The van der Waals surface area contributed by atoms with Crippen LogP contribution in [0.25, 0.3) is 60.2 Å². The smallest absolute Gasteiger partial charge is 0.0620 e. The fourth-order valence-electron chi connectivity index (χ4n) is 5.60. The van der Waals surface area contributed by atoms with Gasteiger partial charge in [0.05, 0.1) is 11.0 Å². The van der Waals surface area contributed by atoms with Gasteiger partial charge in [0.15, 0.2) is 0 Å². The molecule has 1 heteroatoms. The predicted molar refractivity (Wildman–Crippen MR) is 146 cm³/mol. The number of aryl methyl sites for hydroxylation is 1. The second kappa shape index (κ2) is 7.33. The zero-order chi connectivity index (χ0) is 22.6. The van der Waals surface area contributed by atoms with Crippen molar-refractivity contribution in [3.8, 4) is 16.8 Å². The number of para-hydroxylation sites is 1. The van der Waals surface area contributed by atoms with Crippen LogP contribution in [0, 0.1) is 6.92 Å². The zero-order valence-electron chi connectivity index (χ0n) is 19.0. The van der Waals surface area contributed by atoms with E-state index in [2.05, 4.69) is 133 Å². The van der Waals surface area contributed by atoms with Gasteiger partial charge >= 0.3 is 0 Å². The minimum atomic E-state index is 1.19. The summed E-state index contributed by atoms with van der Waals surface area (Å²) in [5, 5.41) is 7.76. The van der Waals surface area contributed by atoms with E-state index in [-0.39, 0.29) is 0 Å². The van der Waals surface area contributed by atoms with Crippen LogP contribution in [0.1, 0.15) is 5.56 Å². The Morgan fingerprint density at radius 1 is 0.441 bits per heavy atom. The third kappa shape index (κ3) is 2.67. The number of aromatic nitrogens is 1. The zero-order valence-corrected chi connectivity index (χ0v) is 19.0. The third-order valence-electron chi connectivity index (χ3n) is 7.08. The molecule has 0 aliphatic heterocycles. The summed E-state index contributed by atoms with van der Waals surface area (Å²) in [5.74, 6) is 0. The molecule has 1 heterocycles. The number of rotatable bonds is 2. The van der Waals surface area contributed by atoms with Gasteiger partial charge < -0.3 is 4.57 Å². The van der Waals surface area contributed by atoms with Gasteiger partial charge in [-0.25, -0.2) is 0 Å². The Kier molecular flexibility index (Phi) is 4.13. The molecule has 1 aromatic heterocycles. The Balaban J connectivity index is 1.79. The molecule has 0 spiro atoms. The van der Waals surface area contributed by atoms with Crippen LogP contribution in [0.15, 0.2) is 121 Å². The molecule has 0 saturated heterocycles. The van der Waals surface area contributed by atoms with E-state index in [1.807, 2.05) is 0 Å². The summed E-state index contributed by atoms with van der Waals surface area (Å²) in [6, 6.07) is 44.0. The monoisotopic (exact) mass is 433 g/mol. The molecule has 0 unspecified atom stereocenters. The molecule has 6 aromatic carbocycles. The molecule has 0 aliphatic rings. The Labute approximate surface area is 198 Å². The van der Waals surface area contributed by atoms with Gasteiger partial charge in [-0.05, 0) is 58.7 Å². The lowest BCUT2D eigenvalue weighted by atomic mass is 9.94. The molecule has 1 nitrogen and oxygen atoms in total. The first kappa shape index (κ1) is 19.1. The van der Waals surface area contributed by atoms with Gasteiger partial charge in [-0.2, -0.15) is 0 Å². The Hall–Kier alpha value is -4.36. The summed E-state index contributed by atoms with van der Waals surface area (Å²) < 4.78 is 2.48. The Bertz CT molecular complexity index is 1840. The highest BCUT2D eigenvalue weighted by atomic mass is 15.0. The van der Waals surface area contributed by atoms with Crippen molar-refractivity contribution < 1.29 is 0 Å². The molecule has 0 fully saturated rings. The second-order valence-corrected chi connectivity index (χ2v) is 9.04. The van der Waals surface area contributed by atoms with Gasteiger partial charge in [0.2, 0.25) is 0 Å². The Morgan fingerprint density at radius 3 is 1.62 bits per heavy atom. The van der Waals surface area contributed by atoms with Gasteiger partial charge in [-0.15, -0.1) is 0 Å². The van der Waals surface area contributed by atoms with Crippen molar-refractivity contribution in [3.05, 3.63) is 127 Å². The van der Waals surface area contributed by atoms with E-state index in [1.165, 1.54) is 65.7 Å². The molecule has 0 bridgehead atoms. The van der Waals surface area contributed by atoms with Crippen molar-refractivity contribution in [1.29, 1.82) is 0 Å². The van der Waals surface area contributed by atoms with Crippen LogP contribution in [0.4, 0.5) is 0 Å². The molecule has 0 atom stereocenters. The summed E-state index contributed by atoms with van der Waals surface area (Å²) in [6.45, 7) is 2.23. The second-order valence-electron chi connectivity index (χ2n) is 9.04. The van der Waals surface area contributed by atoms with Crippen LogP contribution in [0.2, 0.25) is 0 Å². The van der Waals surface area contributed by atoms with E-state index in [4.69, 9.17) is 0 Å². The molecular formula is C33H23N. The number of fused-ring (bicyclic) bond motifs is 7. The average molecular weight is 434 g/mol. The van der Waals surface area contributed by atoms with Crippen LogP contribution >= 0.6 is 0 Å². The minimum Gasteiger partial charge on any atom is -0.308 e. The topological polar surface area (TPSA) is 4.93 Å². The number of hydrogen-bond acceptors (Lipinski definition) is 0. The van der Waals surface area contributed by atoms with Crippen LogP contribution in [0.5, 0.6) is 0 Å². The maximum Gasteiger partial charge on any atom is 0.0620 e. The summed E-state index contributed by atoms with van der Waals surface area (Å²) >= 11 is 0. The van der Waals surface area contributed by atoms with E-state index in [1.54, 1.807) is 0 Å². The van der Waals surface area contributed by atoms with E-state index in [9.17, 15) is 0 Å². The highest BCUT2D eigenvalue weighted by molar-refractivity contribution is 6.26. The fourth-order valence-corrected chi connectivity index (χ4v) is 5.60. The van der Waals surface area contributed by atoms with Crippen molar-refractivity contribution in [1.82, 2.24) is 4.57 Å². The predicted octanol–water partition coefficient (Wildman–Crippen LogP) is 9.07. The van der Waals surface area contributed by atoms with E-state index in [0.29, 0.717) is 0 Å². The average Bonchev–Trinajstić information content (AvgIpc) is 3.24. The molecule has 0 radical (unpaired) electrons. The van der Waals surface area contributed by atoms with Crippen molar-refractivity contribution in [3.63, 3.8) is 0 Å². The van der Waals surface area contributed by atoms with E-state index in [0.717, 1.165) is 0 Å². The molecule has 160 valence electrons. The highest BCUT2D eigenvalue weighted by Crippen LogP contribution is 2.43. The maximum absolute atomic E-state index is 2.48. The van der Waals surface area contributed by atoms with Gasteiger partial charge in [0, 0.05) is 27.2 Å². The van der Waals surface area contributed by atoms with Gasteiger partial charge in [-0.3, -0.25) is 0 Å². The van der Waals surface area contributed by atoms with Crippen molar-refractivity contribution in [2.45, 2.75) is 6.92 Å². The number of benzene rings is 6. The van der Waals surface area contributed by atoms with Crippen LogP contribution in [-0.2, 0) is 0 Å². The van der Waals surface area contributed by atoms with E-state index >= 15 is 0 Å². The maximum atomic E-state index is 2.48. The largest absolute Gasteiger partial charge is 0.308 e. The minimum absolute atomic E-state index is 1.19. The van der Waals surface area contributed by atoms with Crippen molar-refractivity contribution in [2.24, 2.45) is 0 Å². The standard InChI is InChI=1S/C33H23N/c1-22-20-30-31-21-29(23-12-4-2-5-13-23)26-17-9-11-19-28(26)33(31)34(24-14-6-3-7-15-24)32(30)27-18-10-8-16-25(22)27/h2-21H,1H3. The lowest BCUT2D eigenvalue weighted by Gasteiger charge is -2.13. The van der Waals surface area contributed by atoms with Crippen LogP contribution in [0.3, 0.4) is 0 Å². The first-order chi connectivity index (χ1) is 16.8. The SMILES string of the molecule is Cc1cc2c3cc(-c4ccccc4)c4ccccc4c3n(-c3ccccc3)c2c2ccccc12. The third-order valence-corrected chi connectivity index (χ3v) is 7.08. The number of nitrogens with zero attached hydrogens (tertiary/aromatic N) is 1. The molecule has 34 heavy (non-hydrogen) atoms. The van der Waals surface area contributed by atoms with Gasteiger partial charge in [-0.1, -0.05) is 97.1 Å². The highest BCUT2D eigenvalue weighted by Gasteiger charge is 2.20. The molecule has 0 saturated carbocycles. The van der Waals surface area contributed by atoms with Crippen LogP contribution < -0.4 is 0 Å². The van der Waals surface area contributed by atoms with Crippen molar-refractivity contribution in [2.75, 3.05) is 0 Å². The molecular weight excluding hydrogens is 410 g/mol. The summed E-state index contributed by atoms with van der Waals surface area (Å²) in [6.07, 6.45) is 0. The summed E-state index contributed by atoms with van der Waals surface area (Å²) in [5.41, 5.74) is 7.57. The summed E-state index contributed by atoms with van der Waals surface area (Å²) in [4.78, 5) is 0. The lowest BCUT2D eigenvalue weighted by molar-refractivity contribution is 1.19. The molecule has 7 rings (SSSR count). The first-order valence-corrected chi connectivity index (χ1v) is 11.8. The fraction of sp³-hybridized carbons (Fsp3) is 0.0303. The van der Waals surface area contributed by atoms with E-state index < -0.39 is 0 Å². The molecule has 0 aliphatic carbocycles. The van der Waals surface area contributed by atoms with Gasteiger partial charge in [0.25, 0.3) is 0 Å². The van der Waals surface area contributed by atoms with Crippen LogP contribution in [-0.4, -0.2) is 4.57 Å². The van der Waals surface area contributed by atoms with Gasteiger partial charge in [0.1, 0.15) is 0 Å². The quantitative estimate of drug-likeness (QED) is 0.256. The first-order valence-electron chi connectivity index (χ1n) is 11.8. The molecule has 0 amide bonds. The lowest BCUT2D eigenvalue weighted by Crippen LogP contribution is -1.95. The molecule has 7 aromatic rings.